The van der Waals surface area contributed by atoms with E-state index in [4.69, 9.17) is 9.31 Å². The highest BCUT2D eigenvalue weighted by Gasteiger charge is 2.51. The van der Waals surface area contributed by atoms with Crippen molar-refractivity contribution in [3.8, 4) is 0 Å². The molecule has 28 heavy (non-hydrogen) atoms. The Bertz CT molecular complexity index is 1040. The molecule has 0 spiro atoms. The number of hydrogen-bond donors (Lipinski definition) is 2. The average Bonchev–Trinajstić information content (AvgIpc) is 3.07. The second kappa shape index (κ2) is 6.36. The molecule has 1 aliphatic rings. The average molecular weight is 380 g/mol. The Hall–Kier alpha value is -2.31. The number of benzene rings is 2. The third kappa shape index (κ3) is 3.21. The molecule has 2 aromatic carbocycles. The van der Waals surface area contributed by atoms with Gasteiger partial charge in [-0.3, -0.25) is 0 Å². The molecule has 4 rings (SSSR count). The normalized spacial score (nSPS) is 18.0. The number of anilines is 2. The number of aryl methyl sites for hydroxylation is 2. The summed E-state index contributed by atoms with van der Waals surface area (Å²) in [5.74, 6) is 0.407. The van der Waals surface area contributed by atoms with Crippen LogP contribution in [0.2, 0.25) is 0 Å². The largest absolute Gasteiger partial charge is 0.494 e. The molecule has 2 heterocycles. The Morgan fingerprint density at radius 3 is 2.29 bits per heavy atom. The first-order valence-electron chi connectivity index (χ1n) is 9.58. The number of aromatic nitrogens is 1. The molecule has 2 N–H and O–H groups in total. The van der Waals surface area contributed by atoms with Gasteiger partial charge < -0.3 is 19.6 Å². The molecule has 0 amide bonds. The molecular weight excluding hydrogens is 354 g/mol. The topological polar surface area (TPSA) is 46.3 Å². The van der Waals surface area contributed by atoms with Gasteiger partial charge in [-0.2, -0.15) is 0 Å². The minimum atomic E-state index is -0.577. The van der Waals surface area contributed by atoms with Crippen LogP contribution in [0.25, 0.3) is 10.9 Å². The molecule has 0 saturated carbocycles. The maximum absolute atomic E-state index is 14.8. The highest BCUT2D eigenvalue weighted by Crippen LogP contribution is 2.36. The zero-order valence-corrected chi connectivity index (χ0v) is 17.2. The van der Waals surface area contributed by atoms with E-state index in [1.165, 1.54) is 17.2 Å². The minimum absolute atomic E-state index is 0.348. The summed E-state index contributed by atoms with van der Waals surface area (Å²) in [5, 5.41) is 4.25. The maximum atomic E-state index is 14.8. The number of rotatable bonds is 3. The summed E-state index contributed by atoms with van der Waals surface area (Å²) in [4.78, 5) is 3.33. The van der Waals surface area contributed by atoms with Crippen molar-refractivity contribution in [1.82, 2.24) is 4.98 Å². The van der Waals surface area contributed by atoms with E-state index in [9.17, 15) is 4.39 Å². The van der Waals surface area contributed by atoms with E-state index in [1.807, 2.05) is 39.8 Å². The molecule has 146 valence electrons. The summed E-state index contributed by atoms with van der Waals surface area (Å²) >= 11 is 0. The van der Waals surface area contributed by atoms with Crippen LogP contribution >= 0.6 is 0 Å². The van der Waals surface area contributed by atoms with Crippen LogP contribution in [0.5, 0.6) is 0 Å². The molecule has 0 unspecified atom stereocenters. The lowest BCUT2D eigenvalue weighted by molar-refractivity contribution is 0.00578. The van der Waals surface area contributed by atoms with Crippen LogP contribution in [0.4, 0.5) is 15.9 Å². The Labute approximate surface area is 165 Å². The quantitative estimate of drug-likeness (QED) is 0.631. The van der Waals surface area contributed by atoms with E-state index in [0.29, 0.717) is 11.2 Å². The number of fused-ring (bicyclic) bond motifs is 1. The maximum Gasteiger partial charge on any atom is 0.494 e. The van der Waals surface area contributed by atoms with Gasteiger partial charge in [-0.15, -0.1) is 0 Å². The predicted octanol–water partition coefficient (Wildman–Crippen LogP) is 4.97. The van der Waals surface area contributed by atoms with Crippen LogP contribution in [-0.4, -0.2) is 23.3 Å². The van der Waals surface area contributed by atoms with Gasteiger partial charge in [0.2, 0.25) is 0 Å². The van der Waals surface area contributed by atoms with Gasteiger partial charge >= 0.3 is 7.12 Å². The molecule has 1 aliphatic heterocycles. The second-order valence-electron chi connectivity index (χ2n) is 8.68. The predicted molar refractivity (Wildman–Crippen MR) is 113 cm³/mol. The van der Waals surface area contributed by atoms with E-state index in [0.717, 1.165) is 16.7 Å². The first-order chi connectivity index (χ1) is 13.1. The number of hydrogen-bond acceptors (Lipinski definition) is 3. The summed E-state index contributed by atoms with van der Waals surface area (Å²) in [6.45, 7) is 12.1. The second-order valence-corrected chi connectivity index (χ2v) is 8.68. The molecule has 0 bridgehead atoms. The van der Waals surface area contributed by atoms with Gasteiger partial charge in [0.15, 0.2) is 0 Å². The van der Waals surface area contributed by atoms with Gasteiger partial charge in [0, 0.05) is 10.9 Å². The third-order valence-corrected chi connectivity index (χ3v) is 5.86. The number of aromatic amines is 1. The van der Waals surface area contributed by atoms with Crippen molar-refractivity contribution in [2.75, 3.05) is 5.32 Å². The van der Waals surface area contributed by atoms with Gasteiger partial charge in [-0.25, -0.2) is 4.39 Å². The standard InChI is InChI=1S/C22H26BFN2O2/c1-13-9-14(2)20-15(10-13)11-19(26-20)25-18-8-7-16(12-17(18)24)23-27-21(3,4)22(5,6)28-23/h7-12,25-26H,1-6H3. The highest BCUT2D eigenvalue weighted by molar-refractivity contribution is 6.62. The Balaban J connectivity index is 1.58. The van der Waals surface area contributed by atoms with Crippen molar-refractivity contribution in [1.29, 1.82) is 0 Å². The van der Waals surface area contributed by atoms with Crippen molar-refractivity contribution >= 4 is 35.0 Å². The van der Waals surface area contributed by atoms with Crippen molar-refractivity contribution in [2.24, 2.45) is 0 Å². The summed E-state index contributed by atoms with van der Waals surface area (Å²) < 4.78 is 26.8. The zero-order valence-electron chi connectivity index (χ0n) is 17.2. The molecule has 1 saturated heterocycles. The van der Waals surface area contributed by atoms with Crippen molar-refractivity contribution in [3.63, 3.8) is 0 Å². The van der Waals surface area contributed by atoms with Gasteiger partial charge in [-0.05, 0) is 76.8 Å². The Kier molecular flexibility index (Phi) is 4.32. The molecule has 0 aliphatic carbocycles. The summed E-state index contributed by atoms with van der Waals surface area (Å²) in [7, 11) is -0.577. The van der Waals surface area contributed by atoms with Gasteiger partial charge in [0.25, 0.3) is 0 Å². The highest BCUT2D eigenvalue weighted by atomic mass is 19.1. The fourth-order valence-electron chi connectivity index (χ4n) is 3.58. The van der Waals surface area contributed by atoms with Crippen LogP contribution in [0, 0.1) is 19.7 Å². The summed E-state index contributed by atoms with van der Waals surface area (Å²) in [6.07, 6.45) is 0. The van der Waals surface area contributed by atoms with E-state index >= 15 is 0 Å². The van der Waals surface area contributed by atoms with Crippen molar-refractivity contribution in [3.05, 3.63) is 53.3 Å². The molecule has 3 aromatic rings. The Morgan fingerprint density at radius 2 is 1.64 bits per heavy atom. The molecule has 1 aromatic heterocycles. The minimum Gasteiger partial charge on any atom is -0.399 e. The third-order valence-electron chi connectivity index (χ3n) is 5.86. The number of H-pyrrole nitrogens is 1. The smallest absolute Gasteiger partial charge is 0.399 e. The lowest BCUT2D eigenvalue weighted by Gasteiger charge is -2.32. The zero-order chi connectivity index (χ0) is 20.3. The van der Waals surface area contributed by atoms with Crippen molar-refractivity contribution < 1.29 is 13.7 Å². The van der Waals surface area contributed by atoms with E-state index in [1.54, 1.807) is 6.07 Å². The first-order valence-corrected chi connectivity index (χ1v) is 9.58. The van der Waals surface area contributed by atoms with Crippen LogP contribution < -0.4 is 10.8 Å². The molecule has 0 atom stereocenters. The first kappa shape index (κ1) is 19.0. The van der Waals surface area contributed by atoms with E-state index in [2.05, 4.69) is 36.3 Å². The van der Waals surface area contributed by atoms with Crippen LogP contribution in [0.15, 0.2) is 36.4 Å². The monoisotopic (exact) mass is 380 g/mol. The van der Waals surface area contributed by atoms with E-state index in [-0.39, 0.29) is 5.82 Å². The summed E-state index contributed by atoms with van der Waals surface area (Å²) in [5.41, 5.74) is 3.60. The molecule has 6 heteroatoms. The van der Waals surface area contributed by atoms with Crippen LogP contribution in [0.1, 0.15) is 38.8 Å². The molecule has 0 radical (unpaired) electrons. The fourth-order valence-corrected chi connectivity index (χ4v) is 3.58. The molecule has 1 fully saturated rings. The van der Waals surface area contributed by atoms with Gasteiger partial charge in [-0.1, -0.05) is 17.7 Å². The van der Waals surface area contributed by atoms with Gasteiger partial charge in [0.1, 0.15) is 11.6 Å². The Morgan fingerprint density at radius 1 is 0.964 bits per heavy atom. The van der Waals surface area contributed by atoms with Gasteiger partial charge in [0.05, 0.1) is 16.9 Å². The fraction of sp³-hybridized carbons (Fsp3) is 0.364. The molecule has 4 nitrogen and oxygen atoms in total. The molecular formula is C22H26BFN2O2. The number of nitrogens with one attached hydrogen (secondary N) is 2. The summed E-state index contributed by atoms with van der Waals surface area (Å²) in [6, 6.07) is 11.3. The lowest BCUT2D eigenvalue weighted by atomic mass is 9.79. The van der Waals surface area contributed by atoms with E-state index < -0.39 is 18.3 Å². The van der Waals surface area contributed by atoms with Crippen molar-refractivity contribution in [2.45, 2.75) is 52.7 Å². The van der Waals surface area contributed by atoms with Crippen LogP contribution in [0.3, 0.4) is 0 Å². The SMILES string of the molecule is Cc1cc(C)c2[nH]c(Nc3ccc(B4OC(C)(C)C(C)(C)O4)cc3F)cc2c1. The van der Waals surface area contributed by atoms with Crippen LogP contribution in [-0.2, 0) is 9.31 Å². The lowest BCUT2D eigenvalue weighted by Crippen LogP contribution is -2.41. The number of halogens is 1.